The number of rotatable bonds is 2. The molecule has 1 aliphatic carbocycles. The number of methoxy groups -OCH3 is 1. The Morgan fingerprint density at radius 3 is 2.78 bits per heavy atom. The Kier molecular flexibility index (Phi) is 3.07. The van der Waals surface area contributed by atoms with Crippen LogP contribution in [-0.2, 0) is 22.2 Å². The second kappa shape index (κ2) is 4.90. The Morgan fingerprint density at radius 1 is 1.13 bits per heavy atom. The molecule has 0 spiro atoms. The molecule has 1 aromatic carbocycles. The average molecular weight is 308 g/mol. The van der Waals surface area contributed by atoms with Gasteiger partial charge in [-0.2, -0.15) is 0 Å². The highest BCUT2D eigenvalue weighted by Gasteiger charge is 2.48. The minimum Gasteiger partial charge on any atom is -0.448 e. The van der Waals surface area contributed by atoms with E-state index < -0.39 is 5.60 Å². The third-order valence-electron chi connectivity index (χ3n) is 4.93. The predicted molar refractivity (Wildman–Crippen MR) is 88.3 cm³/mol. The lowest BCUT2D eigenvalue weighted by atomic mass is 9.69. The first-order valence-electron chi connectivity index (χ1n) is 7.88. The second-order valence-electron chi connectivity index (χ2n) is 6.94. The van der Waals surface area contributed by atoms with Crippen molar-refractivity contribution in [3.63, 3.8) is 0 Å². The molecule has 0 bridgehead atoms. The van der Waals surface area contributed by atoms with Gasteiger partial charge in [-0.25, -0.2) is 4.98 Å². The predicted octanol–water partition coefficient (Wildman–Crippen LogP) is 3.99. The monoisotopic (exact) mass is 308 g/mol. The highest BCUT2D eigenvalue weighted by Crippen LogP contribution is 2.48. The zero-order chi connectivity index (χ0) is 16.1. The van der Waals surface area contributed by atoms with Gasteiger partial charge in [-0.3, -0.25) is 4.98 Å². The van der Waals surface area contributed by atoms with E-state index in [0.29, 0.717) is 6.42 Å². The quantitative estimate of drug-likeness (QED) is 0.718. The molecule has 3 aromatic rings. The van der Waals surface area contributed by atoms with Crippen LogP contribution in [0.3, 0.4) is 0 Å². The summed E-state index contributed by atoms with van der Waals surface area (Å²) in [6.45, 7) is 4.35. The molecule has 1 aliphatic rings. The summed E-state index contributed by atoms with van der Waals surface area (Å²) in [4.78, 5) is 9.14. The molecule has 0 radical (unpaired) electrons. The zero-order valence-corrected chi connectivity index (χ0v) is 13.7. The lowest BCUT2D eigenvalue weighted by molar-refractivity contribution is -0.0496. The summed E-state index contributed by atoms with van der Waals surface area (Å²) in [5.74, 6) is 0.963. The number of pyridine rings is 1. The standard InChI is InChI=1S/C19H20N2O2/c1-18(2)11-19(22-3,10-15-17(18)23-12-21-15)16-14-7-5-4-6-13(14)8-9-20-16/h4-9,12H,10-11H2,1-3H3. The van der Waals surface area contributed by atoms with E-state index in [9.17, 15) is 0 Å². The SMILES string of the molecule is COC1(c2nccc3ccccc23)Cc2ncoc2C(C)(C)C1. The van der Waals surface area contributed by atoms with Gasteiger partial charge in [-0.15, -0.1) is 0 Å². The van der Waals surface area contributed by atoms with Crippen molar-refractivity contribution in [1.82, 2.24) is 9.97 Å². The fourth-order valence-corrected chi connectivity index (χ4v) is 3.96. The molecule has 0 amide bonds. The second-order valence-corrected chi connectivity index (χ2v) is 6.94. The van der Waals surface area contributed by atoms with Gasteiger partial charge in [-0.05, 0) is 17.9 Å². The molecule has 2 aromatic heterocycles. The van der Waals surface area contributed by atoms with Crippen LogP contribution >= 0.6 is 0 Å². The van der Waals surface area contributed by atoms with Crippen molar-refractivity contribution in [1.29, 1.82) is 0 Å². The molecule has 0 aliphatic heterocycles. The fraction of sp³-hybridized carbons (Fsp3) is 0.368. The minimum atomic E-state index is -0.492. The van der Waals surface area contributed by atoms with Crippen molar-refractivity contribution in [3.05, 3.63) is 60.1 Å². The lowest BCUT2D eigenvalue weighted by Gasteiger charge is -2.42. The Labute approximate surface area is 135 Å². The highest BCUT2D eigenvalue weighted by molar-refractivity contribution is 5.85. The highest BCUT2D eigenvalue weighted by atomic mass is 16.5. The van der Waals surface area contributed by atoms with Gasteiger partial charge in [0, 0.05) is 30.5 Å². The molecule has 0 N–H and O–H groups in total. The summed E-state index contributed by atoms with van der Waals surface area (Å²) >= 11 is 0. The number of hydrogen-bond donors (Lipinski definition) is 0. The van der Waals surface area contributed by atoms with E-state index in [-0.39, 0.29) is 5.41 Å². The van der Waals surface area contributed by atoms with Crippen molar-refractivity contribution in [2.45, 2.75) is 37.7 Å². The van der Waals surface area contributed by atoms with Crippen LogP contribution in [0.5, 0.6) is 0 Å². The molecular formula is C19H20N2O2. The summed E-state index contributed by atoms with van der Waals surface area (Å²) in [6, 6.07) is 10.4. The summed E-state index contributed by atoms with van der Waals surface area (Å²) in [5.41, 5.74) is 1.31. The summed E-state index contributed by atoms with van der Waals surface area (Å²) in [7, 11) is 1.77. The van der Waals surface area contributed by atoms with E-state index in [4.69, 9.17) is 14.1 Å². The van der Waals surface area contributed by atoms with Gasteiger partial charge in [-0.1, -0.05) is 38.1 Å². The molecule has 4 nitrogen and oxygen atoms in total. The number of aromatic nitrogens is 2. The van der Waals surface area contributed by atoms with Gasteiger partial charge < -0.3 is 9.15 Å². The zero-order valence-electron chi connectivity index (χ0n) is 13.7. The number of nitrogens with zero attached hydrogens (tertiary/aromatic N) is 2. The van der Waals surface area contributed by atoms with Crippen LogP contribution in [0.25, 0.3) is 10.8 Å². The van der Waals surface area contributed by atoms with Gasteiger partial charge in [0.1, 0.15) is 11.4 Å². The number of fused-ring (bicyclic) bond motifs is 2. The van der Waals surface area contributed by atoms with E-state index in [1.165, 1.54) is 11.8 Å². The van der Waals surface area contributed by atoms with E-state index in [2.05, 4.69) is 31.0 Å². The molecule has 2 heterocycles. The Morgan fingerprint density at radius 2 is 1.96 bits per heavy atom. The van der Waals surface area contributed by atoms with E-state index >= 15 is 0 Å². The summed E-state index contributed by atoms with van der Waals surface area (Å²) in [5, 5.41) is 2.32. The molecular weight excluding hydrogens is 288 g/mol. The largest absolute Gasteiger partial charge is 0.448 e. The van der Waals surface area contributed by atoms with E-state index in [1.54, 1.807) is 7.11 Å². The van der Waals surface area contributed by atoms with Crippen LogP contribution in [0.15, 0.2) is 47.3 Å². The smallest absolute Gasteiger partial charge is 0.181 e. The van der Waals surface area contributed by atoms with Gasteiger partial charge in [0.25, 0.3) is 0 Å². The van der Waals surface area contributed by atoms with Crippen LogP contribution in [0.2, 0.25) is 0 Å². The summed E-state index contributed by atoms with van der Waals surface area (Å²) in [6.07, 6.45) is 4.89. The molecule has 23 heavy (non-hydrogen) atoms. The number of oxazole rings is 1. The van der Waals surface area contributed by atoms with Gasteiger partial charge in [0.15, 0.2) is 6.39 Å². The summed E-state index contributed by atoms with van der Waals surface area (Å²) < 4.78 is 11.7. The first kappa shape index (κ1) is 14.4. The van der Waals surface area contributed by atoms with Crippen LogP contribution < -0.4 is 0 Å². The molecule has 4 heteroatoms. The van der Waals surface area contributed by atoms with Crippen molar-refractivity contribution in [2.24, 2.45) is 0 Å². The average Bonchev–Trinajstić information content (AvgIpc) is 3.03. The maximum absolute atomic E-state index is 6.09. The van der Waals surface area contributed by atoms with E-state index in [0.717, 1.165) is 29.0 Å². The van der Waals surface area contributed by atoms with Crippen LogP contribution in [0.4, 0.5) is 0 Å². The van der Waals surface area contributed by atoms with Crippen LogP contribution in [0.1, 0.15) is 37.4 Å². The third kappa shape index (κ3) is 2.09. The van der Waals surface area contributed by atoms with E-state index in [1.807, 2.05) is 24.4 Å². The van der Waals surface area contributed by atoms with Crippen molar-refractivity contribution >= 4 is 10.8 Å². The third-order valence-corrected chi connectivity index (χ3v) is 4.93. The molecule has 0 saturated heterocycles. The number of hydrogen-bond acceptors (Lipinski definition) is 4. The first-order chi connectivity index (χ1) is 11.1. The van der Waals surface area contributed by atoms with Gasteiger partial charge >= 0.3 is 0 Å². The Balaban J connectivity index is 1.95. The van der Waals surface area contributed by atoms with Crippen LogP contribution in [0, 0.1) is 0 Å². The Hall–Kier alpha value is -2.20. The molecule has 1 unspecified atom stereocenters. The minimum absolute atomic E-state index is 0.154. The Bertz CT molecular complexity index is 863. The fourth-order valence-electron chi connectivity index (χ4n) is 3.96. The molecule has 0 fully saturated rings. The lowest BCUT2D eigenvalue weighted by Crippen LogP contribution is -2.43. The first-order valence-corrected chi connectivity index (χ1v) is 7.88. The topological polar surface area (TPSA) is 48.2 Å². The maximum Gasteiger partial charge on any atom is 0.181 e. The molecule has 1 atom stereocenters. The number of benzene rings is 1. The molecule has 0 saturated carbocycles. The van der Waals surface area contributed by atoms with Crippen molar-refractivity contribution in [3.8, 4) is 0 Å². The maximum atomic E-state index is 6.09. The number of ether oxygens (including phenoxy) is 1. The van der Waals surface area contributed by atoms with Crippen LogP contribution in [-0.4, -0.2) is 17.1 Å². The molecule has 4 rings (SSSR count). The van der Waals surface area contributed by atoms with Gasteiger partial charge in [0.2, 0.25) is 0 Å². The van der Waals surface area contributed by atoms with Crippen molar-refractivity contribution in [2.75, 3.05) is 7.11 Å². The van der Waals surface area contributed by atoms with Crippen molar-refractivity contribution < 1.29 is 9.15 Å². The molecule has 118 valence electrons. The van der Waals surface area contributed by atoms with Gasteiger partial charge in [0.05, 0.1) is 11.4 Å². The normalized spacial score (nSPS) is 22.9.